The molecule has 0 unspecified atom stereocenters. The van der Waals surface area contributed by atoms with E-state index in [0.717, 1.165) is 31.9 Å². The van der Waals surface area contributed by atoms with Gasteiger partial charge in [0.25, 0.3) is 12.3 Å². The molecule has 12 nitrogen and oxygen atoms in total. The number of aromatic nitrogens is 3. The summed E-state index contributed by atoms with van der Waals surface area (Å²) in [5.41, 5.74) is 0.338. The van der Waals surface area contributed by atoms with Crippen molar-refractivity contribution in [2.45, 2.75) is 69.0 Å². The molecule has 5 rings (SSSR count). The third kappa shape index (κ3) is 7.01. The summed E-state index contributed by atoms with van der Waals surface area (Å²) >= 11 is 0. The molecule has 3 aliphatic rings. The second-order valence-corrected chi connectivity index (χ2v) is 12.7. The van der Waals surface area contributed by atoms with E-state index in [9.17, 15) is 26.8 Å². The Kier molecular flexibility index (Phi) is 8.57. The molecule has 2 aliphatic carbocycles. The lowest BCUT2D eigenvalue weighted by Crippen LogP contribution is -2.50. The van der Waals surface area contributed by atoms with Crippen molar-refractivity contribution in [1.29, 1.82) is 0 Å². The predicted molar refractivity (Wildman–Crippen MR) is 142 cm³/mol. The van der Waals surface area contributed by atoms with Gasteiger partial charge in [-0.1, -0.05) is 0 Å². The zero-order valence-electron chi connectivity index (χ0n) is 22.8. The number of halogens is 2. The number of carbonyl (C=O) groups excluding carboxylic acids is 2. The second-order valence-electron chi connectivity index (χ2n) is 11.0. The Hall–Kier alpha value is -3.17. The van der Waals surface area contributed by atoms with Crippen LogP contribution in [-0.4, -0.2) is 73.3 Å². The molecule has 2 saturated carbocycles. The van der Waals surface area contributed by atoms with Crippen molar-refractivity contribution in [3.8, 4) is 5.75 Å². The Labute approximate surface area is 236 Å². The maximum atomic E-state index is 13.7. The minimum absolute atomic E-state index is 0.00475. The van der Waals surface area contributed by atoms with E-state index in [-0.39, 0.29) is 36.7 Å². The molecule has 0 spiro atoms. The Morgan fingerprint density at radius 2 is 1.85 bits per heavy atom. The van der Waals surface area contributed by atoms with Crippen LogP contribution in [0, 0.1) is 17.8 Å². The van der Waals surface area contributed by atoms with Gasteiger partial charge in [-0.25, -0.2) is 26.9 Å². The van der Waals surface area contributed by atoms with E-state index in [0.29, 0.717) is 17.5 Å². The fourth-order valence-electron chi connectivity index (χ4n) is 5.05. The molecule has 1 atom stereocenters. The number of pyridine rings is 1. The Bertz CT molecular complexity index is 1360. The third-order valence-corrected chi connectivity index (χ3v) is 8.81. The van der Waals surface area contributed by atoms with Crippen LogP contribution in [0.4, 0.5) is 14.6 Å². The molecule has 3 N–H and O–H groups in total. The largest absolute Gasteiger partial charge is 0.484 e. The molecule has 1 saturated heterocycles. The number of hydrogen-bond donors (Lipinski definition) is 3. The standard InChI is InChI=1S/C26H34F2N6O6S/c1-14(2)34-18(7-8-30-34)25(35)33-24(23(15-3-4-15)16-5-6-16)26(36)32-22-9-19(40-17-12-39-13-17)20(10-29-22)41(37,38)31-11-21(27)28/h7-10,14-17,21,23-24,31H,3-6,11-13H2,1-2H3,(H,33,35)(H,29,32,36)/t24-/m0/s1. The van der Waals surface area contributed by atoms with Gasteiger partial charge in [-0.05, 0) is 63.4 Å². The summed E-state index contributed by atoms with van der Waals surface area (Å²) in [5.74, 6) is -0.510. The number of ether oxygens (including phenoxy) is 2. The van der Waals surface area contributed by atoms with Gasteiger partial charge in [0.05, 0.1) is 26.0 Å². The first-order chi connectivity index (χ1) is 19.5. The van der Waals surface area contributed by atoms with Crippen LogP contribution in [0.25, 0.3) is 0 Å². The highest BCUT2D eigenvalue weighted by Crippen LogP contribution is 2.51. The first kappa shape index (κ1) is 29.3. The molecule has 3 heterocycles. The zero-order valence-corrected chi connectivity index (χ0v) is 23.6. The molecule has 224 valence electrons. The van der Waals surface area contributed by atoms with Gasteiger partial charge in [0, 0.05) is 18.3 Å². The normalized spacial score (nSPS) is 18.4. The van der Waals surface area contributed by atoms with Crippen molar-refractivity contribution in [2.24, 2.45) is 17.8 Å². The SMILES string of the molecule is CC(C)n1nccc1C(=O)N[C@H](C(=O)Nc1cc(OC2COC2)c(S(=O)(=O)NCC(F)F)cn1)C(C1CC1)C1CC1. The molecule has 15 heteroatoms. The minimum atomic E-state index is -4.39. The first-order valence-corrected chi connectivity index (χ1v) is 15.2. The molecule has 2 aromatic rings. The number of anilines is 1. The number of sulfonamides is 1. The molecule has 1 aliphatic heterocycles. The van der Waals surface area contributed by atoms with Crippen LogP contribution in [-0.2, 0) is 19.6 Å². The molecule has 0 bridgehead atoms. The van der Waals surface area contributed by atoms with Crippen molar-refractivity contribution >= 4 is 27.7 Å². The lowest BCUT2D eigenvalue weighted by Gasteiger charge is -2.28. The van der Waals surface area contributed by atoms with Gasteiger partial charge in [-0.2, -0.15) is 5.10 Å². The van der Waals surface area contributed by atoms with Crippen LogP contribution in [0.1, 0.15) is 56.1 Å². The summed E-state index contributed by atoms with van der Waals surface area (Å²) in [7, 11) is -4.39. The molecule has 2 amide bonds. The first-order valence-electron chi connectivity index (χ1n) is 13.7. The minimum Gasteiger partial charge on any atom is -0.484 e. The van der Waals surface area contributed by atoms with Crippen LogP contribution < -0.4 is 20.1 Å². The van der Waals surface area contributed by atoms with Crippen molar-refractivity contribution in [1.82, 2.24) is 24.8 Å². The Morgan fingerprint density at radius 3 is 2.41 bits per heavy atom. The summed E-state index contributed by atoms with van der Waals surface area (Å²) in [6.45, 7) is 3.17. The molecule has 0 radical (unpaired) electrons. The Balaban J connectivity index is 1.40. The van der Waals surface area contributed by atoms with E-state index < -0.39 is 51.8 Å². The van der Waals surface area contributed by atoms with Crippen LogP contribution in [0.2, 0.25) is 0 Å². The lowest BCUT2D eigenvalue weighted by atomic mass is 9.88. The van der Waals surface area contributed by atoms with Gasteiger partial charge < -0.3 is 20.1 Å². The number of nitrogens with one attached hydrogen (secondary N) is 3. The van der Waals surface area contributed by atoms with E-state index in [1.807, 2.05) is 18.6 Å². The van der Waals surface area contributed by atoms with Crippen molar-refractivity contribution in [3.63, 3.8) is 0 Å². The van der Waals surface area contributed by atoms with Gasteiger partial charge in [-0.3, -0.25) is 14.3 Å². The number of alkyl halides is 2. The molecule has 2 aromatic heterocycles. The van der Waals surface area contributed by atoms with E-state index in [2.05, 4.69) is 20.7 Å². The van der Waals surface area contributed by atoms with Crippen molar-refractivity contribution < 1.29 is 36.3 Å². The highest BCUT2D eigenvalue weighted by atomic mass is 32.2. The average Bonchev–Trinajstić information content (AvgIpc) is 3.84. The quantitative estimate of drug-likeness (QED) is 0.300. The summed E-state index contributed by atoms with van der Waals surface area (Å²) in [4.78, 5) is 30.7. The van der Waals surface area contributed by atoms with Crippen LogP contribution in [0.3, 0.4) is 0 Å². The fourth-order valence-corrected chi connectivity index (χ4v) is 6.12. The number of nitrogens with zero attached hydrogens (tertiary/aromatic N) is 3. The lowest BCUT2D eigenvalue weighted by molar-refractivity contribution is -0.119. The number of rotatable bonds is 14. The third-order valence-electron chi connectivity index (χ3n) is 7.38. The van der Waals surface area contributed by atoms with E-state index in [4.69, 9.17) is 9.47 Å². The summed E-state index contributed by atoms with van der Waals surface area (Å²) in [6, 6.07) is 1.92. The predicted octanol–water partition coefficient (Wildman–Crippen LogP) is 2.35. The molecular formula is C26H34F2N6O6S. The second kappa shape index (κ2) is 12.0. The molecule has 3 fully saturated rings. The average molecular weight is 597 g/mol. The smallest absolute Gasteiger partial charge is 0.270 e. The fraction of sp³-hybridized carbons (Fsp3) is 0.615. The van der Waals surface area contributed by atoms with Gasteiger partial charge in [-0.15, -0.1) is 0 Å². The summed E-state index contributed by atoms with van der Waals surface area (Å²) in [5, 5.41) is 9.88. The van der Waals surface area contributed by atoms with E-state index in [1.54, 1.807) is 10.7 Å². The Morgan fingerprint density at radius 1 is 1.17 bits per heavy atom. The summed E-state index contributed by atoms with van der Waals surface area (Å²) in [6.07, 6.45) is 3.05. The molecule has 0 aromatic carbocycles. The van der Waals surface area contributed by atoms with Crippen LogP contribution in [0.15, 0.2) is 29.4 Å². The zero-order chi connectivity index (χ0) is 29.3. The van der Waals surface area contributed by atoms with Crippen molar-refractivity contribution in [2.75, 3.05) is 25.1 Å². The maximum Gasteiger partial charge on any atom is 0.270 e. The topological polar surface area (TPSA) is 154 Å². The molecule has 41 heavy (non-hydrogen) atoms. The van der Waals surface area contributed by atoms with E-state index >= 15 is 0 Å². The van der Waals surface area contributed by atoms with Crippen molar-refractivity contribution in [3.05, 3.63) is 30.2 Å². The van der Waals surface area contributed by atoms with E-state index in [1.165, 1.54) is 12.3 Å². The monoisotopic (exact) mass is 596 g/mol. The van der Waals surface area contributed by atoms with Crippen LogP contribution in [0.5, 0.6) is 5.75 Å². The van der Waals surface area contributed by atoms with Gasteiger partial charge >= 0.3 is 0 Å². The van der Waals surface area contributed by atoms with Gasteiger partial charge in [0.2, 0.25) is 15.9 Å². The highest BCUT2D eigenvalue weighted by Gasteiger charge is 2.48. The highest BCUT2D eigenvalue weighted by molar-refractivity contribution is 7.89. The number of hydrogen-bond acceptors (Lipinski definition) is 8. The van der Waals surface area contributed by atoms with Gasteiger partial charge in [0.15, 0.2) is 0 Å². The number of carbonyl (C=O) groups is 2. The van der Waals surface area contributed by atoms with Crippen LogP contribution >= 0.6 is 0 Å². The number of amides is 2. The summed E-state index contributed by atoms with van der Waals surface area (Å²) < 4.78 is 65.1. The van der Waals surface area contributed by atoms with Gasteiger partial charge in [0.1, 0.15) is 34.3 Å². The molecular weight excluding hydrogens is 562 g/mol. The maximum absolute atomic E-state index is 13.7.